The van der Waals surface area contributed by atoms with Gasteiger partial charge < -0.3 is 5.11 Å². The van der Waals surface area contributed by atoms with Gasteiger partial charge in [-0.25, -0.2) is 0 Å². The second-order valence-electron chi connectivity index (χ2n) is 4.53. The molecule has 1 nitrogen and oxygen atoms in total. The van der Waals surface area contributed by atoms with Crippen molar-refractivity contribution in [1.82, 2.24) is 0 Å². The Morgan fingerprint density at radius 2 is 1.74 bits per heavy atom. The fourth-order valence-electron chi connectivity index (χ4n) is 1.90. The second kappa shape index (κ2) is 6.12. The van der Waals surface area contributed by atoms with E-state index in [1.807, 2.05) is 44.2 Å². The van der Waals surface area contributed by atoms with E-state index in [1.165, 1.54) is 0 Å². The van der Waals surface area contributed by atoms with Crippen molar-refractivity contribution in [2.75, 3.05) is 0 Å². The highest BCUT2D eigenvalue weighted by Gasteiger charge is 2.17. The maximum Gasteiger partial charge on any atom is 0.107 e. The molecule has 0 fully saturated rings. The molecule has 0 aliphatic rings. The quantitative estimate of drug-likeness (QED) is 0.606. The summed E-state index contributed by atoms with van der Waals surface area (Å²) in [4.78, 5) is 0. The molecule has 1 N–H and O–H groups in total. The van der Waals surface area contributed by atoms with E-state index in [4.69, 9.17) is 11.6 Å². The van der Waals surface area contributed by atoms with Crippen molar-refractivity contribution >= 4 is 50.1 Å². The first kappa shape index (κ1) is 15.3. The van der Waals surface area contributed by atoms with Gasteiger partial charge in [-0.05, 0) is 71.8 Å². The topological polar surface area (TPSA) is 20.2 Å². The first-order valence-corrected chi connectivity index (χ1v) is 8.04. The van der Waals surface area contributed by atoms with E-state index in [9.17, 15) is 5.11 Å². The Labute approximate surface area is 140 Å². The Kier molecular flexibility index (Phi) is 4.93. The van der Waals surface area contributed by atoms with Gasteiger partial charge >= 0.3 is 0 Å². The van der Waals surface area contributed by atoms with Crippen LogP contribution in [0.3, 0.4) is 0 Å². The van der Waals surface area contributed by atoms with Gasteiger partial charge in [-0.2, -0.15) is 0 Å². The highest BCUT2D eigenvalue weighted by atomic mass is 127. The summed E-state index contributed by atoms with van der Waals surface area (Å²) in [6.07, 6.45) is -0.726. The Balaban J connectivity index is 2.52. The van der Waals surface area contributed by atoms with Crippen molar-refractivity contribution in [3.05, 3.63) is 65.7 Å². The number of hydrogen-bond donors (Lipinski definition) is 1. The summed E-state index contributed by atoms with van der Waals surface area (Å²) in [7, 11) is 0. The first-order chi connectivity index (χ1) is 8.90. The van der Waals surface area contributed by atoms with Crippen LogP contribution < -0.4 is 0 Å². The summed E-state index contributed by atoms with van der Waals surface area (Å²) < 4.78 is 1.96. The molecule has 2 aromatic rings. The SMILES string of the molecule is Cc1cc(Cl)c(C(O)c2cc(I)ccc2Br)cc1C. The molecule has 0 radical (unpaired) electrons. The van der Waals surface area contributed by atoms with Crippen LogP contribution in [0.5, 0.6) is 0 Å². The molecule has 2 rings (SSSR count). The molecule has 0 spiro atoms. The number of aliphatic hydroxyl groups excluding tert-OH is 1. The third-order valence-electron chi connectivity index (χ3n) is 3.16. The van der Waals surface area contributed by atoms with Gasteiger partial charge in [-0.15, -0.1) is 0 Å². The molecule has 100 valence electrons. The third kappa shape index (κ3) is 3.32. The normalized spacial score (nSPS) is 12.5. The number of benzene rings is 2. The van der Waals surface area contributed by atoms with E-state index < -0.39 is 6.10 Å². The zero-order valence-corrected chi connectivity index (χ0v) is 15.0. The van der Waals surface area contributed by atoms with E-state index in [0.717, 1.165) is 30.3 Å². The molecule has 2 aromatic carbocycles. The molecule has 0 saturated heterocycles. The molecule has 19 heavy (non-hydrogen) atoms. The smallest absolute Gasteiger partial charge is 0.107 e. The summed E-state index contributed by atoms with van der Waals surface area (Å²) in [6.45, 7) is 4.03. The van der Waals surface area contributed by atoms with Gasteiger partial charge in [0.05, 0.1) is 0 Å². The average Bonchev–Trinajstić information content (AvgIpc) is 2.36. The fraction of sp³-hybridized carbons (Fsp3) is 0.200. The Bertz CT molecular complexity index is 628. The van der Waals surface area contributed by atoms with Crippen molar-refractivity contribution in [2.45, 2.75) is 20.0 Å². The monoisotopic (exact) mass is 450 g/mol. The third-order valence-corrected chi connectivity index (χ3v) is 4.88. The van der Waals surface area contributed by atoms with Gasteiger partial charge in [0.25, 0.3) is 0 Å². The van der Waals surface area contributed by atoms with Gasteiger partial charge in [0.15, 0.2) is 0 Å². The molecule has 0 aliphatic carbocycles. The maximum atomic E-state index is 10.6. The number of aliphatic hydroxyl groups is 1. The first-order valence-electron chi connectivity index (χ1n) is 5.80. The van der Waals surface area contributed by atoms with Gasteiger partial charge in [-0.1, -0.05) is 33.6 Å². The summed E-state index contributed by atoms with van der Waals surface area (Å²) in [5, 5.41) is 11.2. The molecule has 1 atom stereocenters. The lowest BCUT2D eigenvalue weighted by Crippen LogP contribution is -2.03. The van der Waals surface area contributed by atoms with Crippen molar-refractivity contribution in [2.24, 2.45) is 0 Å². The number of hydrogen-bond acceptors (Lipinski definition) is 1. The van der Waals surface area contributed by atoms with E-state index in [-0.39, 0.29) is 0 Å². The van der Waals surface area contributed by atoms with E-state index in [1.54, 1.807) is 0 Å². The molecular weight excluding hydrogens is 438 g/mol. The van der Waals surface area contributed by atoms with Crippen molar-refractivity contribution in [1.29, 1.82) is 0 Å². The van der Waals surface area contributed by atoms with Gasteiger partial charge in [-0.3, -0.25) is 0 Å². The van der Waals surface area contributed by atoms with Crippen LogP contribution in [0.4, 0.5) is 0 Å². The highest BCUT2D eigenvalue weighted by molar-refractivity contribution is 14.1. The van der Waals surface area contributed by atoms with E-state index in [2.05, 4.69) is 38.5 Å². The predicted molar refractivity (Wildman–Crippen MR) is 91.8 cm³/mol. The average molecular weight is 452 g/mol. The molecule has 4 heteroatoms. The minimum Gasteiger partial charge on any atom is -0.384 e. The predicted octanol–water partition coefficient (Wildman–Crippen LogP) is 5.41. The minimum atomic E-state index is -0.726. The van der Waals surface area contributed by atoms with Crippen LogP contribution in [0.15, 0.2) is 34.8 Å². The Morgan fingerprint density at radius 3 is 2.42 bits per heavy atom. The van der Waals surface area contributed by atoms with Crippen LogP contribution >= 0.6 is 50.1 Å². The van der Waals surface area contributed by atoms with E-state index >= 15 is 0 Å². The second-order valence-corrected chi connectivity index (χ2v) is 7.03. The molecular formula is C15H13BrClIO. The van der Waals surface area contributed by atoms with Crippen LogP contribution in [0, 0.1) is 17.4 Å². The number of halogens is 3. The largest absolute Gasteiger partial charge is 0.384 e. The molecule has 0 aliphatic heterocycles. The molecule has 1 unspecified atom stereocenters. The minimum absolute atomic E-state index is 0.598. The molecule has 0 saturated carbocycles. The molecule has 0 heterocycles. The summed E-state index contributed by atoms with van der Waals surface area (Å²) in [5.41, 5.74) is 3.83. The van der Waals surface area contributed by atoms with Gasteiger partial charge in [0.1, 0.15) is 6.10 Å². The molecule has 0 bridgehead atoms. The van der Waals surface area contributed by atoms with Crippen LogP contribution in [0.1, 0.15) is 28.4 Å². The fourth-order valence-corrected chi connectivity index (χ4v) is 3.20. The molecule has 0 amide bonds. The van der Waals surface area contributed by atoms with Gasteiger partial charge in [0.2, 0.25) is 0 Å². The summed E-state index contributed by atoms with van der Waals surface area (Å²) >= 11 is 12.0. The zero-order valence-electron chi connectivity index (χ0n) is 10.5. The van der Waals surface area contributed by atoms with Crippen LogP contribution in [-0.4, -0.2) is 5.11 Å². The lowest BCUT2D eigenvalue weighted by atomic mass is 9.98. The highest BCUT2D eigenvalue weighted by Crippen LogP contribution is 2.34. The Hall–Kier alpha value is -0.100. The maximum absolute atomic E-state index is 10.6. The van der Waals surface area contributed by atoms with Crippen molar-refractivity contribution in [3.8, 4) is 0 Å². The van der Waals surface area contributed by atoms with Gasteiger partial charge in [0, 0.05) is 24.2 Å². The lowest BCUT2D eigenvalue weighted by molar-refractivity contribution is 0.219. The van der Waals surface area contributed by atoms with Crippen molar-refractivity contribution in [3.63, 3.8) is 0 Å². The van der Waals surface area contributed by atoms with Crippen molar-refractivity contribution < 1.29 is 5.11 Å². The van der Waals surface area contributed by atoms with Crippen LogP contribution in [-0.2, 0) is 0 Å². The van der Waals surface area contributed by atoms with Crippen LogP contribution in [0.2, 0.25) is 5.02 Å². The Morgan fingerprint density at radius 1 is 1.11 bits per heavy atom. The summed E-state index contributed by atoms with van der Waals surface area (Å²) in [5.74, 6) is 0. The van der Waals surface area contributed by atoms with Crippen LogP contribution in [0.25, 0.3) is 0 Å². The number of rotatable bonds is 2. The van der Waals surface area contributed by atoms with E-state index in [0.29, 0.717) is 5.02 Å². The lowest BCUT2D eigenvalue weighted by Gasteiger charge is -2.17. The standard InChI is InChI=1S/C15H13BrClIO/c1-8-5-12(14(17)6-9(8)2)15(19)11-7-10(18)3-4-13(11)16/h3-7,15,19H,1-2H3. The molecule has 0 aromatic heterocycles. The zero-order chi connectivity index (χ0) is 14.2. The number of aryl methyl sites for hydroxylation is 2. The summed E-state index contributed by atoms with van der Waals surface area (Å²) in [6, 6.07) is 9.74.